The SMILES string of the molecule is O=C(O)CC(O)(CC(=O)O)C(=O)[O-].[Fe+3].[NH4+]. The van der Waals surface area contributed by atoms with E-state index in [4.69, 9.17) is 15.3 Å². The zero-order valence-corrected chi connectivity index (χ0v) is 8.85. The number of aliphatic hydroxyl groups is 1. The Balaban J connectivity index is -0.000000720. The molecule has 0 saturated heterocycles. The molecule has 0 aliphatic rings. The topological polar surface area (TPSA) is 171 Å². The van der Waals surface area contributed by atoms with E-state index in [1.54, 1.807) is 0 Å². The number of aliphatic carboxylic acids is 3. The Labute approximate surface area is 95.0 Å². The Hall–Kier alpha value is -1.15. The molecule has 0 fully saturated rings. The molecule has 9 heteroatoms. The zero-order chi connectivity index (χ0) is 10.6. The van der Waals surface area contributed by atoms with Gasteiger partial charge in [-0.1, -0.05) is 0 Å². The van der Waals surface area contributed by atoms with Crippen LogP contribution < -0.4 is 11.3 Å². The predicted octanol–water partition coefficient (Wildman–Crippen LogP) is -2.21. The molecule has 0 unspecified atom stereocenters. The minimum atomic E-state index is -2.85. The van der Waals surface area contributed by atoms with E-state index < -0.39 is 36.4 Å². The summed E-state index contributed by atoms with van der Waals surface area (Å²) < 4.78 is 0. The van der Waals surface area contributed by atoms with Crippen molar-refractivity contribution in [3.05, 3.63) is 0 Å². The van der Waals surface area contributed by atoms with Crippen molar-refractivity contribution < 1.29 is 51.9 Å². The average molecular weight is 265 g/mol. The number of carboxylic acid groups (broad SMARTS) is 3. The van der Waals surface area contributed by atoms with E-state index in [0.29, 0.717) is 0 Å². The van der Waals surface area contributed by atoms with Crippen molar-refractivity contribution in [1.82, 2.24) is 6.15 Å². The Morgan fingerprint density at radius 1 is 1.07 bits per heavy atom. The van der Waals surface area contributed by atoms with E-state index in [-0.39, 0.29) is 23.2 Å². The summed E-state index contributed by atoms with van der Waals surface area (Å²) in [6.45, 7) is 0. The van der Waals surface area contributed by atoms with E-state index >= 15 is 0 Å². The smallest absolute Gasteiger partial charge is 0.547 e. The van der Waals surface area contributed by atoms with Crippen molar-refractivity contribution in [3.8, 4) is 0 Å². The first-order valence-electron chi connectivity index (χ1n) is 3.15. The first-order valence-corrected chi connectivity index (χ1v) is 3.15. The van der Waals surface area contributed by atoms with Gasteiger partial charge in [-0.25, -0.2) is 0 Å². The van der Waals surface area contributed by atoms with Crippen molar-refractivity contribution in [2.75, 3.05) is 0 Å². The van der Waals surface area contributed by atoms with Crippen LogP contribution in [0.2, 0.25) is 0 Å². The monoisotopic (exact) mass is 265 g/mol. The van der Waals surface area contributed by atoms with Gasteiger partial charge in [0.2, 0.25) is 0 Å². The molecular formula is C6H11FeNO7+3. The van der Waals surface area contributed by atoms with Crippen LogP contribution in [0.5, 0.6) is 0 Å². The van der Waals surface area contributed by atoms with E-state index in [0.717, 1.165) is 0 Å². The molecule has 0 atom stereocenters. The van der Waals surface area contributed by atoms with Crippen LogP contribution in [-0.2, 0) is 31.5 Å². The van der Waals surface area contributed by atoms with Crippen molar-refractivity contribution >= 4 is 17.9 Å². The van der Waals surface area contributed by atoms with Gasteiger partial charge in [0.15, 0.2) is 0 Å². The third-order valence-corrected chi connectivity index (χ3v) is 1.27. The van der Waals surface area contributed by atoms with Crippen LogP contribution in [-0.4, -0.2) is 38.8 Å². The van der Waals surface area contributed by atoms with Crippen molar-refractivity contribution in [1.29, 1.82) is 0 Å². The molecule has 0 saturated carbocycles. The normalized spacial score (nSPS) is 9.40. The van der Waals surface area contributed by atoms with Gasteiger partial charge in [0.25, 0.3) is 0 Å². The maximum atomic E-state index is 10.2. The largest absolute Gasteiger partial charge is 3.00 e. The van der Waals surface area contributed by atoms with Gasteiger partial charge in [-0.05, 0) is 0 Å². The fourth-order valence-electron chi connectivity index (χ4n) is 0.707. The summed E-state index contributed by atoms with van der Waals surface area (Å²) in [7, 11) is 0. The molecule has 0 aromatic heterocycles. The van der Waals surface area contributed by atoms with Crippen LogP contribution in [0.4, 0.5) is 0 Å². The maximum absolute atomic E-state index is 10.2. The fourth-order valence-corrected chi connectivity index (χ4v) is 0.707. The molecule has 0 aliphatic heterocycles. The molecule has 0 amide bonds. The summed E-state index contributed by atoms with van der Waals surface area (Å²) in [5.74, 6) is -5.35. The molecule has 0 spiro atoms. The Bertz CT molecular complexity index is 238. The molecule has 7 N–H and O–H groups in total. The molecular weight excluding hydrogens is 254 g/mol. The standard InChI is InChI=1S/C6H8O7.Fe.H3N/c7-3(8)1-6(13,5(11)12)2-4(9)10;;/h13H,1-2H2,(H,7,8)(H,9,10)(H,11,12);;1H3/q;+3;. The summed E-state index contributed by atoms with van der Waals surface area (Å²) >= 11 is 0. The number of carbonyl (C=O) groups excluding carboxylic acids is 1. The van der Waals surface area contributed by atoms with E-state index in [1.165, 1.54) is 0 Å². The van der Waals surface area contributed by atoms with Crippen LogP contribution >= 0.6 is 0 Å². The number of quaternary nitrogens is 1. The number of hydrogen-bond acceptors (Lipinski definition) is 5. The molecule has 0 rings (SSSR count). The first kappa shape index (κ1) is 19.4. The van der Waals surface area contributed by atoms with Gasteiger partial charge in [-0.3, -0.25) is 9.59 Å². The average Bonchev–Trinajstić information content (AvgIpc) is 1.82. The number of rotatable bonds is 5. The van der Waals surface area contributed by atoms with Crippen LogP contribution in [0.25, 0.3) is 0 Å². The minimum Gasteiger partial charge on any atom is -0.547 e. The van der Waals surface area contributed by atoms with Gasteiger partial charge in [-0.2, -0.15) is 0 Å². The van der Waals surface area contributed by atoms with Gasteiger partial charge in [0.1, 0.15) is 5.60 Å². The number of carboxylic acids is 3. The zero-order valence-electron chi connectivity index (χ0n) is 7.74. The molecule has 15 heavy (non-hydrogen) atoms. The summed E-state index contributed by atoms with van der Waals surface area (Å²) in [6, 6.07) is 0. The van der Waals surface area contributed by atoms with E-state index in [1.807, 2.05) is 0 Å². The second-order valence-corrected chi connectivity index (χ2v) is 2.46. The second kappa shape index (κ2) is 7.18. The van der Waals surface area contributed by atoms with Crippen molar-refractivity contribution in [2.24, 2.45) is 0 Å². The molecule has 8 nitrogen and oxygen atoms in total. The van der Waals surface area contributed by atoms with E-state index in [2.05, 4.69) is 0 Å². The third-order valence-electron chi connectivity index (χ3n) is 1.27. The third kappa shape index (κ3) is 6.86. The Morgan fingerprint density at radius 2 is 1.33 bits per heavy atom. The van der Waals surface area contributed by atoms with Crippen LogP contribution in [0.3, 0.4) is 0 Å². The molecule has 1 radical (unpaired) electrons. The Morgan fingerprint density at radius 3 is 1.47 bits per heavy atom. The molecule has 0 aromatic carbocycles. The van der Waals surface area contributed by atoms with Crippen LogP contribution in [0.1, 0.15) is 12.8 Å². The molecule has 87 valence electrons. The summed E-state index contributed by atoms with van der Waals surface area (Å²) in [5.41, 5.74) is -2.85. The quantitative estimate of drug-likeness (QED) is 0.408. The molecule has 0 aromatic rings. The maximum Gasteiger partial charge on any atom is 3.00 e. The summed E-state index contributed by atoms with van der Waals surface area (Å²) in [4.78, 5) is 30.3. The Kier molecular flexibility index (Phi) is 9.30. The first-order chi connectivity index (χ1) is 5.78. The molecule has 0 heterocycles. The van der Waals surface area contributed by atoms with Gasteiger partial charge in [0.05, 0.1) is 18.8 Å². The van der Waals surface area contributed by atoms with Gasteiger partial charge in [0, 0.05) is 0 Å². The van der Waals surface area contributed by atoms with Gasteiger partial charge >= 0.3 is 29.0 Å². The van der Waals surface area contributed by atoms with Crippen molar-refractivity contribution in [2.45, 2.75) is 18.4 Å². The molecule has 0 bridgehead atoms. The second-order valence-electron chi connectivity index (χ2n) is 2.46. The van der Waals surface area contributed by atoms with Gasteiger partial charge < -0.3 is 31.4 Å². The molecule has 0 aliphatic carbocycles. The van der Waals surface area contributed by atoms with Gasteiger partial charge in [-0.15, -0.1) is 0 Å². The predicted molar refractivity (Wildman–Crippen MR) is 40.4 cm³/mol. The fraction of sp³-hybridized carbons (Fsp3) is 0.500. The van der Waals surface area contributed by atoms with E-state index in [9.17, 15) is 19.5 Å². The van der Waals surface area contributed by atoms with Crippen molar-refractivity contribution in [3.63, 3.8) is 0 Å². The minimum absolute atomic E-state index is 0. The summed E-state index contributed by atoms with van der Waals surface area (Å²) in [5, 5.41) is 35.5. The van der Waals surface area contributed by atoms with Crippen LogP contribution in [0.15, 0.2) is 0 Å². The number of carbonyl (C=O) groups is 3. The van der Waals surface area contributed by atoms with Crippen LogP contribution in [0, 0.1) is 0 Å². The summed E-state index contributed by atoms with van der Waals surface area (Å²) in [6.07, 6.45) is -2.41. The number of hydrogen-bond donors (Lipinski definition) is 4.